The first kappa shape index (κ1) is 36.7. The van der Waals surface area contributed by atoms with Gasteiger partial charge in [-0.3, -0.25) is 4.57 Å². The zero-order chi connectivity index (χ0) is 42.6. The van der Waals surface area contributed by atoms with Crippen LogP contribution >= 0.6 is 0 Å². The fourth-order valence-corrected chi connectivity index (χ4v) is 8.67. The predicted molar refractivity (Wildman–Crippen MR) is 255 cm³/mol. The molecule has 0 radical (unpaired) electrons. The smallest absolute Gasteiger partial charge is 0.238 e. The molecule has 0 N–H and O–H groups in total. The number of nitrogens with zero attached hydrogens (tertiary/aromatic N) is 9. The second-order valence-corrected chi connectivity index (χ2v) is 15.5. The molecule has 64 heavy (non-hydrogen) atoms. The SMILES string of the molecule is [C-]#[N+]c1ccc(-c2nc(-c3ccccc3)nc(-c3ccc(-n4c5ccccc5c5ccc6c7ccccc7n(-c7nc(-c8ccccc8)nc(-c8ccccc8)n7)c6c54)cc3)n2)cc1. The predicted octanol–water partition coefficient (Wildman–Crippen LogP) is 13.1. The van der Waals surface area contributed by atoms with Crippen molar-refractivity contribution in [2.75, 3.05) is 0 Å². The topological polar surface area (TPSA) is 91.6 Å². The molecule has 4 aromatic heterocycles. The summed E-state index contributed by atoms with van der Waals surface area (Å²) in [6.45, 7) is 7.43. The van der Waals surface area contributed by atoms with E-state index >= 15 is 0 Å². The molecule has 0 bridgehead atoms. The number of para-hydroxylation sites is 2. The Balaban J connectivity index is 1.09. The zero-order valence-corrected chi connectivity index (χ0v) is 34.1. The molecule has 8 aromatic carbocycles. The molecule has 0 saturated heterocycles. The van der Waals surface area contributed by atoms with Crippen molar-refractivity contribution in [1.82, 2.24) is 39.0 Å². The molecule has 12 aromatic rings. The van der Waals surface area contributed by atoms with E-state index in [0.717, 1.165) is 77.1 Å². The molecule has 0 aliphatic rings. The summed E-state index contributed by atoms with van der Waals surface area (Å²) in [4.78, 5) is 34.0. The lowest BCUT2D eigenvalue weighted by molar-refractivity contribution is 0.953. The van der Waals surface area contributed by atoms with Crippen LogP contribution in [0.15, 0.2) is 200 Å². The molecule has 0 unspecified atom stereocenters. The monoisotopic (exact) mass is 819 g/mol. The van der Waals surface area contributed by atoms with Gasteiger partial charge in [0.1, 0.15) is 0 Å². The Labute approximate surface area is 367 Å². The van der Waals surface area contributed by atoms with Crippen molar-refractivity contribution in [3.63, 3.8) is 0 Å². The molecule has 0 spiro atoms. The van der Waals surface area contributed by atoms with E-state index in [1.807, 2.05) is 103 Å². The number of benzene rings is 8. The summed E-state index contributed by atoms with van der Waals surface area (Å²) in [5, 5.41) is 4.42. The van der Waals surface area contributed by atoms with Crippen molar-refractivity contribution in [3.8, 4) is 68.6 Å². The zero-order valence-electron chi connectivity index (χ0n) is 34.1. The molecular weight excluding hydrogens is 787 g/mol. The van der Waals surface area contributed by atoms with Crippen molar-refractivity contribution >= 4 is 49.3 Å². The number of aromatic nitrogens is 8. The summed E-state index contributed by atoms with van der Waals surface area (Å²) >= 11 is 0. The molecular formula is C55H33N9. The Bertz CT molecular complexity index is 3700. The third-order valence-corrected chi connectivity index (χ3v) is 11.7. The summed E-state index contributed by atoms with van der Waals surface area (Å²) in [7, 11) is 0. The van der Waals surface area contributed by atoms with Crippen LogP contribution in [0.3, 0.4) is 0 Å². The van der Waals surface area contributed by atoms with Gasteiger partial charge < -0.3 is 4.57 Å². The van der Waals surface area contributed by atoms with Crippen LogP contribution in [-0.2, 0) is 0 Å². The van der Waals surface area contributed by atoms with Crippen molar-refractivity contribution in [3.05, 3.63) is 212 Å². The summed E-state index contributed by atoms with van der Waals surface area (Å²) in [5.74, 6) is 3.37. The van der Waals surface area contributed by atoms with E-state index in [-0.39, 0.29) is 0 Å². The Kier molecular flexibility index (Phi) is 8.66. The lowest BCUT2D eigenvalue weighted by Gasteiger charge is -2.14. The fraction of sp³-hybridized carbons (Fsp3) is 0. The average molecular weight is 820 g/mol. The van der Waals surface area contributed by atoms with Gasteiger partial charge >= 0.3 is 0 Å². The third-order valence-electron chi connectivity index (χ3n) is 11.7. The van der Waals surface area contributed by atoms with Gasteiger partial charge in [0.05, 0.1) is 28.6 Å². The highest BCUT2D eigenvalue weighted by atomic mass is 15.2. The van der Waals surface area contributed by atoms with Crippen molar-refractivity contribution in [1.29, 1.82) is 0 Å². The maximum Gasteiger partial charge on any atom is 0.238 e. The lowest BCUT2D eigenvalue weighted by Crippen LogP contribution is -2.07. The van der Waals surface area contributed by atoms with Crippen LogP contribution in [0.25, 0.3) is 117 Å². The summed E-state index contributed by atoms with van der Waals surface area (Å²) in [5.41, 5.74) is 9.95. The Morgan fingerprint density at radius 1 is 0.312 bits per heavy atom. The molecule has 9 nitrogen and oxygen atoms in total. The maximum absolute atomic E-state index is 7.43. The molecule has 0 saturated carbocycles. The average Bonchev–Trinajstić information content (AvgIpc) is 3.90. The normalized spacial score (nSPS) is 11.4. The van der Waals surface area contributed by atoms with Crippen molar-refractivity contribution < 1.29 is 0 Å². The Hall–Kier alpha value is -9.13. The standard InChI is InChI=1S/C55H33N9/c1-56-40-29-25-38(26-30-40)51-57-50(35-15-5-2-6-16-35)58-52(59-51)39-27-31-41(32-28-39)63-46-23-13-11-21-42(46)44-33-34-45-43-22-12-14-24-47(43)64(49(45)48(44)63)55-61-53(36-17-7-3-8-18-36)60-54(62-55)37-19-9-4-10-20-37/h2-34H. The third kappa shape index (κ3) is 6.17. The quantitative estimate of drug-likeness (QED) is 0.149. The molecule has 0 aliphatic heterocycles. The van der Waals surface area contributed by atoms with Gasteiger partial charge in [0.15, 0.2) is 34.8 Å². The van der Waals surface area contributed by atoms with Crippen LogP contribution in [0.1, 0.15) is 0 Å². The number of hydrogen-bond donors (Lipinski definition) is 0. The fourth-order valence-electron chi connectivity index (χ4n) is 8.67. The molecule has 9 heteroatoms. The van der Waals surface area contributed by atoms with Crippen LogP contribution in [-0.4, -0.2) is 39.0 Å². The van der Waals surface area contributed by atoms with Crippen molar-refractivity contribution in [2.24, 2.45) is 0 Å². The van der Waals surface area contributed by atoms with Gasteiger partial charge in [-0.2, -0.15) is 9.97 Å². The van der Waals surface area contributed by atoms with Crippen molar-refractivity contribution in [2.45, 2.75) is 0 Å². The number of fused-ring (bicyclic) bond motifs is 7. The molecule has 0 amide bonds. The highest BCUT2D eigenvalue weighted by Gasteiger charge is 2.24. The summed E-state index contributed by atoms with van der Waals surface area (Å²) in [6, 6.07) is 67.3. The van der Waals surface area contributed by atoms with E-state index in [9.17, 15) is 0 Å². The molecule has 4 heterocycles. The molecule has 0 atom stereocenters. The van der Waals surface area contributed by atoms with Gasteiger partial charge in [-0.1, -0.05) is 164 Å². The van der Waals surface area contributed by atoms with E-state index in [0.29, 0.717) is 40.8 Å². The first-order valence-corrected chi connectivity index (χ1v) is 20.9. The Morgan fingerprint density at radius 3 is 1.12 bits per heavy atom. The van der Waals surface area contributed by atoms with E-state index in [4.69, 9.17) is 36.5 Å². The maximum atomic E-state index is 7.43. The minimum atomic E-state index is 0.530. The van der Waals surface area contributed by atoms with E-state index in [1.165, 1.54) is 0 Å². The lowest BCUT2D eigenvalue weighted by atomic mass is 10.1. The summed E-state index contributed by atoms with van der Waals surface area (Å²) < 4.78 is 4.55. The van der Waals surface area contributed by atoms with Crippen LogP contribution in [0, 0.1) is 6.57 Å². The first-order valence-electron chi connectivity index (χ1n) is 20.9. The molecule has 298 valence electrons. The second-order valence-electron chi connectivity index (χ2n) is 15.5. The molecule has 0 aliphatic carbocycles. The summed E-state index contributed by atoms with van der Waals surface area (Å²) in [6.07, 6.45) is 0. The van der Waals surface area contributed by atoms with E-state index < -0.39 is 0 Å². The largest absolute Gasteiger partial charge is 0.307 e. The molecule has 0 fully saturated rings. The first-order chi connectivity index (χ1) is 31.7. The van der Waals surface area contributed by atoms with Crippen LogP contribution in [0.2, 0.25) is 0 Å². The van der Waals surface area contributed by atoms with E-state index in [1.54, 1.807) is 12.1 Å². The second kappa shape index (κ2) is 15.1. The van der Waals surface area contributed by atoms with Gasteiger partial charge in [0, 0.05) is 55.0 Å². The minimum absolute atomic E-state index is 0.530. The highest BCUT2D eigenvalue weighted by molar-refractivity contribution is 6.23. The highest BCUT2D eigenvalue weighted by Crippen LogP contribution is 2.42. The van der Waals surface area contributed by atoms with Crippen LogP contribution < -0.4 is 0 Å². The number of rotatable bonds is 7. The number of hydrogen-bond acceptors (Lipinski definition) is 6. The van der Waals surface area contributed by atoms with Crippen LogP contribution in [0.4, 0.5) is 5.69 Å². The Morgan fingerprint density at radius 2 is 0.672 bits per heavy atom. The van der Waals surface area contributed by atoms with Gasteiger partial charge in [0.25, 0.3) is 0 Å². The van der Waals surface area contributed by atoms with Crippen LogP contribution in [0.5, 0.6) is 0 Å². The van der Waals surface area contributed by atoms with Gasteiger partial charge in [-0.15, -0.1) is 0 Å². The minimum Gasteiger partial charge on any atom is -0.307 e. The van der Waals surface area contributed by atoms with E-state index in [2.05, 4.69) is 98.9 Å². The van der Waals surface area contributed by atoms with Gasteiger partial charge in [-0.05, 0) is 36.4 Å². The van der Waals surface area contributed by atoms with Gasteiger partial charge in [-0.25, -0.2) is 24.8 Å². The van der Waals surface area contributed by atoms with Gasteiger partial charge in [0.2, 0.25) is 5.95 Å². The molecule has 12 rings (SSSR count).